The molecule has 0 unspecified atom stereocenters. The van der Waals surface area contributed by atoms with Gasteiger partial charge in [-0.3, -0.25) is 10.3 Å². The summed E-state index contributed by atoms with van der Waals surface area (Å²) in [6.45, 7) is 0. The summed E-state index contributed by atoms with van der Waals surface area (Å²) >= 11 is 8.53. The third-order valence-corrected chi connectivity index (χ3v) is 3.73. The van der Waals surface area contributed by atoms with Crippen LogP contribution in [-0.2, 0) is 4.74 Å². The number of carbonyl (C=O) groups excluding carboxylic acids is 1. The summed E-state index contributed by atoms with van der Waals surface area (Å²) in [6.07, 6.45) is 1.12. The molecule has 5 nitrogen and oxygen atoms in total. The van der Waals surface area contributed by atoms with Crippen LogP contribution in [0.2, 0.25) is 0 Å². The van der Waals surface area contributed by atoms with Gasteiger partial charge in [-0.05, 0) is 30.4 Å². The van der Waals surface area contributed by atoms with E-state index in [0.29, 0.717) is 11.4 Å². The van der Waals surface area contributed by atoms with Crippen LogP contribution < -0.4 is 10.6 Å². The smallest absolute Gasteiger partial charge is 0.413 e. The van der Waals surface area contributed by atoms with Gasteiger partial charge in [0.15, 0.2) is 5.11 Å². The highest BCUT2D eigenvalue weighted by atomic mass is 79.9. The second-order valence-corrected chi connectivity index (χ2v) is 5.63. The molecule has 0 fully saturated rings. The van der Waals surface area contributed by atoms with Crippen molar-refractivity contribution in [3.63, 3.8) is 0 Å². The molecule has 0 atom stereocenters. The van der Waals surface area contributed by atoms with Crippen LogP contribution in [0.4, 0.5) is 16.2 Å². The van der Waals surface area contributed by atoms with Gasteiger partial charge in [-0.1, -0.05) is 46.3 Å². The molecular weight excluding hydrogens is 378 g/mol. The molecular formula is C16H14BrN3O2S. The largest absolute Gasteiger partial charge is 0.453 e. The molecule has 0 bridgehead atoms. The first-order valence-corrected chi connectivity index (χ1v) is 7.84. The number of ether oxygens (including phenoxy) is 1. The Bertz CT molecular complexity index is 750. The number of para-hydroxylation sites is 2. The van der Waals surface area contributed by atoms with Crippen LogP contribution >= 0.6 is 28.1 Å². The van der Waals surface area contributed by atoms with E-state index in [1.54, 1.807) is 6.21 Å². The van der Waals surface area contributed by atoms with Crippen molar-refractivity contribution in [1.29, 1.82) is 0 Å². The molecule has 2 N–H and O–H groups in total. The minimum absolute atomic E-state index is 0.139. The van der Waals surface area contributed by atoms with E-state index in [1.807, 2.05) is 48.5 Å². The molecule has 0 heterocycles. The highest BCUT2D eigenvalue weighted by Gasteiger charge is 2.06. The second kappa shape index (κ2) is 8.40. The molecule has 0 saturated carbocycles. The second-order valence-electron chi connectivity index (χ2n) is 4.37. The zero-order valence-electron chi connectivity index (χ0n) is 12.2. The van der Waals surface area contributed by atoms with Gasteiger partial charge < -0.3 is 10.1 Å². The number of amides is 1. The van der Waals surface area contributed by atoms with Gasteiger partial charge in [-0.15, -0.1) is 0 Å². The van der Waals surface area contributed by atoms with E-state index in [1.165, 1.54) is 7.11 Å². The van der Waals surface area contributed by atoms with E-state index in [0.717, 1.165) is 10.0 Å². The maximum atomic E-state index is 11.1. The average molecular weight is 392 g/mol. The summed E-state index contributed by atoms with van der Waals surface area (Å²) in [7, 11) is 1.27. The molecule has 118 valence electrons. The van der Waals surface area contributed by atoms with Crippen LogP contribution in [0, 0.1) is 0 Å². The number of nitrogens with zero attached hydrogens (tertiary/aromatic N) is 1. The minimum atomic E-state index is -0.628. The monoisotopic (exact) mass is 391 g/mol. The maximum Gasteiger partial charge on any atom is 0.413 e. The molecule has 1 amide bonds. The lowest BCUT2D eigenvalue weighted by molar-refractivity contribution is 0.177. The molecule has 0 aliphatic rings. The molecule has 0 aliphatic heterocycles. The lowest BCUT2D eigenvalue weighted by atomic mass is 10.2. The number of carbonyl (C=O) groups is 1. The fourth-order valence-corrected chi connectivity index (χ4v) is 2.29. The zero-order valence-corrected chi connectivity index (χ0v) is 14.6. The normalized spacial score (nSPS) is 10.3. The summed E-state index contributed by atoms with van der Waals surface area (Å²) in [5.74, 6) is 0. The average Bonchev–Trinajstić information content (AvgIpc) is 2.55. The number of halogens is 1. The fourth-order valence-electron chi connectivity index (χ4n) is 1.71. The zero-order chi connectivity index (χ0) is 16.7. The van der Waals surface area contributed by atoms with Crippen LogP contribution in [0.1, 0.15) is 5.56 Å². The Morgan fingerprint density at radius 1 is 1.22 bits per heavy atom. The Morgan fingerprint density at radius 3 is 2.65 bits per heavy atom. The van der Waals surface area contributed by atoms with Crippen LogP contribution in [0.15, 0.2) is 58.0 Å². The molecule has 0 aliphatic carbocycles. The Morgan fingerprint density at radius 2 is 1.91 bits per heavy atom. The van der Waals surface area contributed by atoms with Crippen LogP contribution in [0.5, 0.6) is 0 Å². The molecule has 0 saturated heterocycles. The number of nitrogens with one attached hydrogen (secondary N) is 2. The topological polar surface area (TPSA) is 62.7 Å². The third-order valence-electron chi connectivity index (χ3n) is 2.80. The van der Waals surface area contributed by atoms with Gasteiger partial charge in [0.05, 0.1) is 18.5 Å². The maximum absolute atomic E-state index is 11.1. The van der Waals surface area contributed by atoms with Gasteiger partial charge in [-0.2, -0.15) is 0 Å². The van der Waals surface area contributed by atoms with E-state index in [-0.39, 0.29) is 5.11 Å². The van der Waals surface area contributed by atoms with E-state index in [2.05, 4.69) is 36.3 Å². The van der Waals surface area contributed by atoms with Crippen LogP contribution in [-0.4, -0.2) is 24.5 Å². The lowest BCUT2D eigenvalue weighted by Crippen LogP contribution is -2.33. The van der Waals surface area contributed by atoms with Crippen molar-refractivity contribution in [2.75, 3.05) is 12.4 Å². The summed E-state index contributed by atoms with van der Waals surface area (Å²) in [5.41, 5.74) is 2.33. The van der Waals surface area contributed by atoms with E-state index < -0.39 is 6.09 Å². The van der Waals surface area contributed by atoms with Crippen molar-refractivity contribution < 1.29 is 9.53 Å². The van der Waals surface area contributed by atoms with Crippen molar-refractivity contribution in [2.24, 2.45) is 4.99 Å². The fraction of sp³-hybridized carbons (Fsp3) is 0.0625. The van der Waals surface area contributed by atoms with Crippen LogP contribution in [0.25, 0.3) is 0 Å². The number of methoxy groups -OCH3 is 1. The lowest BCUT2D eigenvalue weighted by Gasteiger charge is -2.10. The first-order valence-electron chi connectivity index (χ1n) is 6.63. The van der Waals surface area contributed by atoms with E-state index in [4.69, 9.17) is 12.2 Å². The van der Waals surface area contributed by atoms with E-state index >= 15 is 0 Å². The molecule has 2 rings (SSSR count). The predicted molar refractivity (Wildman–Crippen MR) is 99.6 cm³/mol. The van der Waals surface area contributed by atoms with Crippen LogP contribution in [0.3, 0.4) is 0 Å². The quantitative estimate of drug-likeness (QED) is 0.606. The summed E-state index contributed by atoms with van der Waals surface area (Å²) < 4.78 is 5.45. The molecule has 0 spiro atoms. The SMILES string of the molecule is COC(=O)NC(=S)Nc1ccccc1/N=C/c1ccccc1Br. The molecule has 0 radical (unpaired) electrons. The first kappa shape index (κ1) is 17.1. The van der Waals surface area contributed by atoms with Crippen molar-refractivity contribution in [3.05, 3.63) is 58.6 Å². The van der Waals surface area contributed by atoms with Gasteiger partial charge in [0, 0.05) is 16.3 Å². The first-order chi connectivity index (χ1) is 11.1. The number of benzene rings is 2. The van der Waals surface area contributed by atoms with Crippen molar-refractivity contribution in [1.82, 2.24) is 5.32 Å². The number of aliphatic imine (C=N–C) groups is 1. The summed E-state index contributed by atoms with van der Waals surface area (Å²) in [5, 5.41) is 5.45. The van der Waals surface area contributed by atoms with Gasteiger partial charge in [0.1, 0.15) is 0 Å². The van der Waals surface area contributed by atoms with Gasteiger partial charge in [0.2, 0.25) is 0 Å². The highest BCUT2D eigenvalue weighted by molar-refractivity contribution is 9.10. The van der Waals surface area contributed by atoms with Gasteiger partial charge in [0.25, 0.3) is 0 Å². The Kier molecular flexibility index (Phi) is 6.25. The summed E-state index contributed by atoms with van der Waals surface area (Å²) in [4.78, 5) is 15.6. The Balaban J connectivity index is 2.16. The number of anilines is 1. The highest BCUT2D eigenvalue weighted by Crippen LogP contribution is 2.24. The minimum Gasteiger partial charge on any atom is -0.453 e. The Labute approximate surface area is 147 Å². The standard InChI is InChI=1S/C16H14BrN3O2S/c1-22-16(21)20-15(23)19-14-9-5-4-8-13(14)18-10-11-6-2-3-7-12(11)17/h2-10H,1H3,(H2,19,20,21,23)/b18-10+. The third kappa shape index (κ3) is 5.15. The molecule has 2 aromatic carbocycles. The van der Waals surface area contributed by atoms with Crippen molar-refractivity contribution in [3.8, 4) is 0 Å². The Hall–Kier alpha value is -2.25. The molecule has 2 aromatic rings. The number of hydrogen-bond acceptors (Lipinski definition) is 4. The van der Waals surface area contributed by atoms with Gasteiger partial charge >= 0.3 is 6.09 Å². The number of thiocarbonyl (C=S) groups is 1. The predicted octanol–water partition coefficient (Wildman–Crippen LogP) is 4.25. The molecule has 23 heavy (non-hydrogen) atoms. The number of alkyl carbamates (subject to hydrolysis) is 1. The number of rotatable bonds is 3. The number of hydrogen-bond donors (Lipinski definition) is 2. The molecule has 0 aromatic heterocycles. The van der Waals surface area contributed by atoms with Crippen molar-refractivity contribution in [2.45, 2.75) is 0 Å². The van der Waals surface area contributed by atoms with Crippen molar-refractivity contribution >= 4 is 56.9 Å². The summed E-state index contributed by atoms with van der Waals surface area (Å²) in [6, 6.07) is 15.1. The molecule has 7 heteroatoms. The van der Waals surface area contributed by atoms with E-state index in [9.17, 15) is 4.79 Å². The van der Waals surface area contributed by atoms with Gasteiger partial charge in [-0.25, -0.2) is 4.79 Å².